The predicted octanol–water partition coefficient (Wildman–Crippen LogP) is 1.08. The zero-order valence-corrected chi connectivity index (χ0v) is 14.9. The number of carbonyl (C=O) groups is 2. The molecule has 0 aliphatic carbocycles. The quantitative estimate of drug-likeness (QED) is 0.529. The second kappa shape index (κ2) is 9.03. The van der Waals surface area contributed by atoms with Crippen LogP contribution in [-0.2, 0) is 16.0 Å². The molecule has 1 N–H and O–H groups in total. The van der Waals surface area contributed by atoms with Crippen LogP contribution in [0.4, 0.5) is 0 Å². The molecule has 0 saturated carbocycles. The first-order valence-corrected chi connectivity index (χ1v) is 8.49. The molecule has 2 rings (SSSR count). The van der Waals surface area contributed by atoms with Gasteiger partial charge in [-0.3, -0.25) is 4.79 Å². The summed E-state index contributed by atoms with van der Waals surface area (Å²) in [6.07, 6.45) is 1.84. The van der Waals surface area contributed by atoms with Crippen molar-refractivity contribution in [2.45, 2.75) is 39.0 Å². The molecule has 0 aliphatic rings. The average molecular weight is 360 g/mol. The Hall–Kier alpha value is -2.83. The minimum Gasteiger partial charge on any atom is -0.550 e. The van der Waals surface area contributed by atoms with Crippen molar-refractivity contribution in [3.63, 3.8) is 0 Å². The zero-order valence-electron chi connectivity index (χ0n) is 14.9. The number of aliphatic carboxylic acids is 1. The molecule has 0 spiro atoms. The number of hydrogen-bond acceptors (Lipinski definition) is 6. The lowest BCUT2D eigenvalue weighted by Gasteiger charge is -2.09. The molecule has 140 valence electrons. The van der Waals surface area contributed by atoms with Gasteiger partial charge in [-0.1, -0.05) is 6.42 Å². The molecule has 7 nitrogen and oxygen atoms in total. The minimum atomic E-state index is -1.06. The summed E-state index contributed by atoms with van der Waals surface area (Å²) in [6.45, 7) is 2.22. The number of carbonyl (C=O) groups excluding carboxylic acids is 2. The van der Waals surface area contributed by atoms with Crippen LogP contribution < -0.4 is 20.8 Å². The van der Waals surface area contributed by atoms with Gasteiger partial charge in [0.05, 0.1) is 19.1 Å². The third-order valence-electron chi connectivity index (χ3n) is 4.21. The van der Waals surface area contributed by atoms with Crippen molar-refractivity contribution in [3.05, 3.63) is 39.7 Å². The van der Waals surface area contributed by atoms with E-state index in [0.717, 1.165) is 5.39 Å². The summed E-state index contributed by atoms with van der Waals surface area (Å²) in [5, 5.41) is 13.8. The Balaban J connectivity index is 1.98. The second-order valence-corrected chi connectivity index (χ2v) is 6.06. The summed E-state index contributed by atoms with van der Waals surface area (Å²) in [7, 11) is 1.53. The summed E-state index contributed by atoms with van der Waals surface area (Å²) < 4.78 is 10.4. The number of carboxylic acids is 1. The normalized spacial score (nSPS) is 10.7. The number of methoxy groups -OCH3 is 1. The van der Waals surface area contributed by atoms with Gasteiger partial charge in [0.1, 0.15) is 11.3 Å². The van der Waals surface area contributed by atoms with Crippen molar-refractivity contribution in [2.75, 3.05) is 13.7 Å². The van der Waals surface area contributed by atoms with E-state index in [1.165, 1.54) is 7.11 Å². The van der Waals surface area contributed by atoms with Gasteiger partial charge in [0.2, 0.25) is 5.91 Å². The van der Waals surface area contributed by atoms with Crippen LogP contribution >= 0.6 is 0 Å². The van der Waals surface area contributed by atoms with E-state index in [4.69, 9.17) is 9.15 Å². The maximum Gasteiger partial charge on any atom is 0.340 e. The van der Waals surface area contributed by atoms with E-state index < -0.39 is 11.6 Å². The van der Waals surface area contributed by atoms with Crippen molar-refractivity contribution >= 4 is 22.8 Å². The molecule has 1 amide bonds. The van der Waals surface area contributed by atoms with Gasteiger partial charge in [0.15, 0.2) is 0 Å². The Bertz CT molecular complexity index is 855. The minimum absolute atomic E-state index is 0.0239. The maximum absolute atomic E-state index is 12.2. The molecular weight excluding hydrogens is 338 g/mol. The predicted molar refractivity (Wildman–Crippen MR) is 94.0 cm³/mol. The number of fused-ring (bicyclic) bond motifs is 1. The van der Waals surface area contributed by atoms with Crippen LogP contribution in [0, 0.1) is 6.92 Å². The summed E-state index contributed by atoms with van der Waals surface area (Å²) in [5.74, 6) is -0.748. The number of rotatable bonds is 9. The fraction of sp³-hybridized carbons (Fsp3) is 0.421. The number of amides is 1. The number of hydrogen-bond donors (Lipinski definition) is 1. The van der Waals surface area contributed by atoms with Crippen LogP contribution in [0.5, 0.6) is 5.75 Å². The third-order valence-corrected chi connectivity index (χ3v) is 4.21. The van der Waals surface area contributed by atoms with Crippen LogP contribution in [0.15, 0.2) is 27.4 Å². The maximum atomic E-state index is 12.2. The first-order valence-electron chi connectivity index (χ1n) is 8.49. The molecule has 0 unspecified atom stereocenters. The number of ether oxygens (including phenoxy) is 1. The topological polar surface area (TPSA) is 109 Å². The first kappa shape index (κ1) is 19.5. The Morgan fingerprint density at radius 3 is 2.69 bits per heavy atom. The van der Waals surface area contributed by atoms with Crippen LogP contribution in [-0.4, -0.2) is 25.5 Å². The molecule has 0 bridgehead atoms. The monoisotopic (exact) mass is 360 g/mol. The first-order chi connectivity index (χ1) is 12.4. The number of carboxylic acid groups (broad SMARTS) is 1. The standard InChI is InChI=1S/C19H23NO6/c1-12-14-8-7-13(25-2)10-16(14)26-19(24)15(12)11-17(21)20-9-5-3-4-6-18(22)23/h7-8,10H,3-6,9,11H2,1-2H3,(H,20,21)(H,22,23)/p-1. The number of nitrogens with one attached hydrogen (secondary N) is 1. The van der Waals surface area contributed by atoms with E-state index >= 15 is 0 Å². The lowest BCUT2D eigenvalue weighted by Crippen LogP contribution is -2.28. The van der Waals surface area contributed by atoms with Gasteiger partial charge in [-0.25, -0.2) is 4.79 Å². The molecule has 1 aromatic carbocycles. The summed E-state index contributed by atoms with van der Waals surface area (Å²) in [6, 6.07) is 5.21. The molecular formula is C19H22NO6-. The van der Waals surface area contributed by atoms with Gasteiger partial charge in [-0.05, 0) is 43.9 Å². The highest BCUT2D eigenvalue weighted by molar-refractivity contribution is 5.85. The van der Waals surface area contributed by atoms with E-state index in [-0.39, 0.29) is 18.7 Å². The smallest absolute Gasteiger partial charge is 0.340 e. The Labute approximate surface area is 151 Å². The van der Waals surface area contributed by atoms with E-state index in [2.05, 4.69) is 5.32 Å². The van der Waals surface area contributed by atoms with Crippen molar-refractivity contribution < 1.29 is 23.8 Å². The van der Waals surface area contributed by atoms with Gasteiger partial charge >= 0.3 is 5.63 Å². The lowest BCUT2D eigenvalue weighted by molar-refractivity contribution is -0.305. The highest BCUT2D eigenvalue weighted by atomic mass is 16.5. The van der Waals surface area contributed by atoms with Crippen LogP contribution in [0.3, 0.4) is 0 Å². The van der Waals surface area contributed by atoms with Crippen LogP contribution in [0.2, 0.25) is 0 Å². The fourth-order valence-electron chi connectivity index (χ4n) is 2.73. The van der Waals surface area contributed by atoms with Gasteiger partial charge in [-0.15, -0.1) is 0 Å². The average Bonchev–Trinajstić information content (AvgIpc) is 2.60. The summed E-state index contributed by atoms with van der Waals surface area (Å²) in [4.78, 5) is 34.6. The largest absolute Gasteiger partial charge is 0.550 e. The van der Waals surface area contributed by atoms with Crippen molar-refractivity contribution in [2.24, 2.45) is 0 Å². The van der Waals surface area contributed by atoms with Crippen LogP contribution in [0.1, 0.15) is 36.8 Å². The lowest BCUT2D eigenvalue weighted by atomic mass is 10.0. The third kappa shape index (κ3) is 5.08. The van der Waals surface area contributed by atoms with Gasteiger partial charge in [0, 0.05) is 24.0 Å². The molecule has 1 heterocycles. The van der Waals surface area contributed by atoms with E-state index in [0.29, 0.717) is 48.3 Å². The Kier molecular flexibility index (Phi) is 6.77. The molecule has 1 aromatic heterocycles. The van der Waals surface area contributed by atoms with E-state index in [1.807, 2.05) is 0 Å². The van der Waals surface area contributed by atoms with Gasteiger partial charge in [0.25, 0.3) is 0 Å². The second-order valence-electron chi connectivity index (χ2n) is 6.06. The molecule has 0 aliphatic heterocycles. The summed E-state index contributed by atoms with van der Waals surface area (Å²) >= 11 is 0. The Morgan fingerprint density at radius 2 is 2.00 bits per heavy atom. The van der Waals surface area contributed by atoms with Crippen molar-refractivity contribution in [1.82, 2.24) is 5.32 Å². The molecule has 26 heavy (non-hydrogen) atoms. The van der Waals surface area contributed by atoms with Gasteiger partial charge in [-0.2, -0.15) is 0 Å². The SMILES string of the molecule is COc1ccc2c(C)c(CC(=O)NCCCCCC(=O)[O-])c(=O)oc2c1. The van der Waals surface area contributed by atoms with Gasteiger partial charge < -0.3 is 24.4 Å². The van der Waals surface area contributed by atoms with Crippen molar-refractivity contribution in [3.8, 4) is 5.75 Å². The van der Waals surface area contributed by atoms with E-state index in [1.54, 1.807) is 25.1 Å². The number of aryl methyl sites for hydroxylation is 1. The molecule has 0 fully saturated rings. The van der Waals surface area contributed by atoms with Crippen molar-refractivity contribution in [1.29, 1.82) is 0 Å². The fourth-order valence-corrected chi connectivity index (χ4v) is 2.73. The zero-order chi connectivity index (χ0) is 19.1. The molecule has 0 saturated heterocycles. The number of unbranched alkanes of at least 4 members (excludes halogenated alkanes) is 2. The number of benzene rings is 1. The highest BCUT2D eigenvalue weighted by Gasteiger charge is 2.15. The highest BCUT2D eigenvalue weighted by Crippen LogP contribution is 2.24. The molecule has 0 atom stereocenters. The van der Waals surface area contributed by atoms with E-state index in [9.17, 15) is 19.5 Å². The molecule has 2 aromatic rings. The summed E-state index contributed by atoms with van der Waals surface area (Å²) in [5.41, 5.74) is 0.927. The molecule has 7 heteroatoms. The van der Waals surface area contributed by atoms with Crippen LogP contribution in [0.25, 0.3) is 11.0 Å². The molecule has 0 radical (unpaired) electrons. The Morgan fingerprint density at radius 1 is 1.23 bits per heavy atom.